The van der Waals surface area contributed by atoms with Crippen molar-refractivity contribution in [2.45, 2.75) is 13.0 Å². The van der Waals surface area contributed by atoms with Crippen LogP contribution in [0.2, 0.25) is 5.02 Å². The van der Waals surface area contributed by atoms with Crippen molar-refractivity contribution < 1.29 is 4.79 Å². The molecule has 0 fully saturated rings. The molecule has 1 atom stereocenters. The highest BCUT2D eigenvalue weighted by atomic mass is 79.9. The molecule has 0 bridgehead atoms. The number of carbonyl (C=O) groups is 1. The molecule has 0 saturated carbocycles. The van der Waals surface area contributed by atoms with E-state index in [9.17, 15) is 4.79 Å². The van der Waals surface area contributed by atoms with Crippen LogP contribution in [-0.2, 0) is 0 Å². The highest BCUT2D eigenvalue weighted by Gasteiger charge is 2.12. The van der Waals surface area contributed by atoms with Crippen molar-refractivity contribution >= 4 is 33.4 Å². The fourth-order valence-electron chi connectivity index (χ4n) is 1.68. The fourth-order valence-corrected chi connectivity index (χ4v) is 2.24. The summed E-state index contributed by atoms with van der Waals surface area (Å²) in [5.41, 5.74) is 1.48. The van der Waals surface area contributed by atoms with E-state index in [-0.39, 0.29) is 11.9 Å². The minimum Gasteiger partial charge on any atom is -0.345 e. The molecular weight excluding hydrogens is 328 g/mol. The molecule has 0 aliphatic heterocycles. The largest absolute Gasteiger partial charge is 0.345 e. The second-order valence-corrected chi connectivity index (χ2v) is 5.49. The van der Waals surface area contributed by atoms with E-state index >= 15 is 0 Å². The lowest BCUT2D eigenvalue weighted by atomic mass is 10.1. The highest BCUT2D eigenvalue weighted by Crippen LogP contribution is 2.18. The molecule has 0 unspecified atom stereocenters. The average Bonchev–Trinajstić information content (AvgIpc) is 2.38. The summed E-state index contributed by atoms with van der Waals surface area (Å²) < 4.78 is 0.774. The molecule has 3 nitrogen and oxygen atoms in total. The molecular formula is C14H12BrClN2O. The van der Waals surface area contributed by atoms with Crippen LogP contribution < -0.4 is 5.32 Å². The predicted octanol–water partition coefficient (Wildman–Crippen LogP) is 3.99. The van der Waals surface area contributed by atoms with Gasteiger partial charge in [-0.05, 0) is 46.6 Å². The van der Waals surface area contributed by atoms with Crippen LogP contribution in [0.1, 0.15) is 28.9 Å². The Bertz CT molecular complexity index is 604. The van der Waals surface area contributed by atoms with E-state index in [1.165, 1.54) is 6.20 Å². The van der Waals surface area contributed by atoms with Crippen molar-refractivity contribution in [3.8, 4) is 0 Å². The third-order valence-electron chi connectivity index (χ3n) is 2.66. The number of hydrogen-bond acceptors (Lipinski definition) is 2. The van der Waals surface area contributed by atoms with Crippen molar-refractivity contribution in [1.29, 1.82) is 0 Å². The summed E-state index contributed by atoms with van der Waals surface area (Å²) in [4.78, 5) is 16.0. The van der Waals surface area contributed by atoms with Gasteiger partial charge in [0.25, 0.3) is 5.91 Å². The molecule has 2 aromatic rings. The number of carbonyl (C=O) groups excluding carboxylic acids is 1. The molecule has 0 saturated heterocycles. The summed E-state index contributed by atoms with van der Waals surface area (Å²) in [5, 5.41) is 3.56. The zero-order chi connectivity index (χ0) is 13.8. The lowest BCUT2D eigenvalue weighted by Gasteiger charge is -2.14. The summed E-state index contributed by atoms with van der Waals surface area (Å²) in [6.45, 7) is 1.91. The van der Waals surface area contributed by atoms with Crippen LogP contribution in [0.15, 0.2) is 47.2 Å². The molecule has 2 rings (SSSR count). The van der Waals surface area contributed by atoms with Gasteiger partial charge in [0.2, 0.25) is 0 Å². The van der Waals surface area contributed by atoms with Gasteiger partial charge in [-0.1, -0.05) is 23.7 Å². The van der Waals surface area contributed by atoms with Gasteiger partial charge in [0.05, 0.1) is 11.6 Å². The third-order valence-corrected chi connectivity index (χ3v) is 3.33. The zero-order valence-electron chi connectivity index (χ0n) is 10.2. The molecule has 0 radical (unpaired) electrons. The predicted molar refractivity (Wildman–Crippen MR) is 79.3 cm³/mol. The van der Waals surface area contributed by atoms with Gasteiger partial charge >= 0.3 is 0 Å². The van der Waals surface area contributed by atoms with Gasteiger partial charge < -0.3 is 5.32 Å². The first-order chi connectivity index (χ1) is 9.06. The molecule has 1 heterocycles. The summed E-state index contributed by atoms with van der Waals surface area (Å²) in [7, 11) is 0. The Labute approximate surface area is 125 Å². The normalized spacial score (nSPS) is 11.9. The van der Waals surface area contributed by atoms with Crippen molar-refractivity contribution in [3.05, 3.63) is 63.3 Å². The molecule has 0 aliphatic carbocycles. The van der Waals surface area contributed by atoms with Gasteiger partial charge in [-0.25, -0.2) is 0 Å². The standard InChI is InChI=1S/C14H12BrClN2O/c1-9(10-3-2-4-13(16)6-10)18-14(19)11-5-12(15)8-17-7-11/h2-9H,1H3,(H,18,19)/t9-/m0/s1. The van der Waals surface area contributed by atoms with E-state index in [0.29, 0.717) is 10.6 Å². The number of nitrogens with one attached hydrogen (secondary N) is 1. The number of pyridine rings is 1. The lowest BCUT2D eigenvalue weighted by molar-refractivity contribution is 0.0939. The van der Waals surface area contributed by atoms with Crippen molar-refractivity contribution in [2.75, 3.05) is 0 Å². The van der Waals surface area contributed by atoms with Gasteiger partial charge in [0.1, 0.15) is 0 Å². The first kappa shape index (κ1) is 14.0. The Hall–Kier alpha value is -1.39. The van der Waals surface area contributed by atoms with Crippen molar-refractivity contribution in [2.24, 2.45) is 0 Å². The second-order valence-electron chi connectivity index (χ2n) is 4.14. The summed E-state index contributed by atoms with van der Waals surface area (Å²) in [6, 6.07) is 9.04. The van der Waals surface area contributed by atoms with Crippen molar-refractivity contribution in [3.63, 3.8) is 0 Å². The number of amides is 1. The van der Waals surface area contributed by atoms with Crippen LogP contribution in [0, 0.1) is 0 Å². The first-order valence-corrected chi connectivity index (χ1v) is 6.90. The Morgan fingerprint density at radius 3 is 2.84 bits per heavy atom. The van der Waals surface area contributed by atoms with E-state index in [1.54, 1.807) is 18.3 Å². The van der Waals surface area contributed by atoms with Crippen LogP contribution in [0.25, 0.3) is 0 Å². The SMILES string of the molecule is C[C@H](NC(=O)c1cncc(Br)c1)c1cccc(Cl)c1. The van der Waals surface area contributed by atoms with E-state index in [4.69, 9.17) is 11.6 Å². The molecule has 0 aliphatic rings. The third kappa shape index (κ3) is 3.78. The molecule has 1 aromatic heterocycles. The van der Waals surface area contributed by atoms with Gasteiger partial charge in [-0.2, -0.15) is 0 Å². The topological polar surface area (TPSA) is 42.0 Å². The van der Waals surface area contributed by atoms with E-state index in [2.05, 4.69) is 26.2 Å². The second kappa shape index (κ2) is 6.17. The number of benzene rings is 1. The van der Waals surface area contributed by atoms with Gasteiger partial charge in [0, 0.05) is 21.9 Å². The summed E-state index contributed by atoms with van der Waals surface area (Å²) >= 11 is 9.23. The van der Waals surface area contributed by atoms with Gasteiger partial charge in [-0.15, -0.1) is 0 Å². The Balaban J connectivity index is 2.11. The number of rotatable bonds is 3. The smallest absolute Gasteiger partial charge is 0.253 e. The Morgan fingerprint density at radius 1 is 1.37 bits per heavy atom. The highest BCUT2D eigenvalue weighted by molar-refractivity contribution is 9.10. The number of hydrogen-bond donors (Lipinski definition) is 1. The van der Waals surface area contributed by atoms with Crippen molar-refractivity contribution in [1.82, 2.24) is 10.3 Å². The molecule has 19 heavy (non-hydrogen) atoms. The first-order valence-electron chi connectivity index (χ1n) is 5.73. The molecule has 98 valence electrons. The van der Waals surface area contributed by atoms with E-state index in [0.717, 1.165) is 10.0 Å². The van der Waals surface area contributed by atoms with Crippen LogP contribution in [0.5, 0.6) is 0 Å². The van der Waals surface area contributed by atoms with Crippen LogP contribution in [-0.4, -0.2) is 10.9 Å². The quantitative estimate of drug-likeness (QED) is 0.918. The van der Waals surface area contributed by atoms with Crippen LogP contribution >= 0.6 is 27.5 Å². The average molecular weight is 340 g/mol. The van der Waals surface area contributed by atoms with Gasteiger partial charge in [0.15, 0.2) is 0 Å². The number of nitrogens with zero attached hydrogens (tertiary/aromatic N) is 1. The lowest BCUT2D eigenvalue weighted by Crippen LogP contribution is -2.26. The number of aromatic nitrogens is 1. The fraction of sp³-hybridized carbons (Fsp3) is 0.143. The number of halogens is 2. The maximum absolute atomic E-state index is 12.1. The maximum atomic E-state index is 12.1. The molecule has 5 heteroatoms. The van der Waals surface area contributed by atoms with Gasteiger partial charge in [-0.3, -0.25) is 9.78 Å². The molecule has 1 N–H and O–H groups in total. The minimum atomic E-state index is -0.165. The summed E-state index contributed by atoms with van der Waals surface area (Å²) in [6.07, 6.45) is 3.17. The van der Waals surface area contributed by atoms with E-state index < -0.39 is 0 Å². The molecule has 0 spiro atoms. The van der Waals surface area contributed by atoms with E-state index in [1.807, 2.05) is 25.1 Å². The Kier molecular flexibility index (Phi) is 4.56. The monoisotopic (exact) mass is 338 g/mol. The van der Waals surface area contributed by atoms with Crippen LogP contribution in [0.4, 0.5) is 0 Å². The maximum Gasteiger partial charge on any atom is 0.253 e. The Morgan fingerprint density at radius 2 is 2.16 bits per heavy atom. The zero-order valence-corrected chi connectivity index (χ0v) is 12.6. The molecule has 1 amide bonds. The van der Waals surface area contributed by atoms with Crippen LogP contribution in [0.3, 0.4) is 0 Å². The minimum absolute atomic E-state index is 0.120. The molecule has 1 aromatic carbocycles. The summed E-state index contributed by atoms with van der Waals surface area (Å²) in [5.74, 6) is -0.165.